The second kappa shape index (κ2) is 6.19. The average molecular weight is 248 g/mol. The Labute approximate surface area is 108 Å². The van der Waals surface area contributed by atoms with Crippen LogP contribution in [0.5, 0.6) is 0 Å². The number of hydrogen-bond donors (Lipinski definition) is 2. The first kappa shape index (κ1) is 14.2. The maximum atomic E-state index is 11.8. The van der Waals surface area contributed by atoms with Crippen molar-refractivity contribution in [2.75, 3.05) is 0 Å². The molecule has 0 aliphatic heterocycles. The van der Waals surface area contributed by atoms with Gasteiger partial charge < -0.3 is 0 Å². The van der Waals surface area contributed by atoms with Gasteiger partial charge in [0, 0.05) is 12.0 Å². The largest absolute Gasteiger partial charge is 0.273 e. The molecule has 2 amide bonds. The Balaban J connectivity index is 2.58. The molecule has 98 valence electrons. The van der Waals surface area contributed by atoms with Crippen LogP contribution in [-0.4, -0.2) is 11.8 Å². The number of carbonyl (C=O) groups is 2. The molecule has 0 unspecified atom stereocenters. The predicted octanol–water partition coefficient (Wildman–Crippen LogP) is 2.11. The molecule has 0 aromatic heterocycles. The van der Waals surface area contributed by atoms with E-state index in [9.17, 15) is 9.59 Å². The van der Waals surface area contributed by atoms with Crippen LogP contribution in [0.1, 0.15) is 41.8 Å². The standard InChI is InChI=1S/C14H20N2O2/c1-9(2)5-13(17)15-16-14(18)12-7-10(3)6-11(4)8-12/h6-9H,5H2,1-4H3,(H,15,17)(H,16,18). The van der Waals surface area contributed by atoms with Crippen molar-refractivity contribution in [3.8, 4) is 0 Å². The van der Waals surface area contributed by atoms with E-state index < -0.39 is 0 Å². The Kier molecular flexibility index (Phi) is 4.89. The van der Waals surface area contributed by atoms with Crippen LogP contribution in [0, 0.1) is 19.8 Å². The molecule has 0 aliphatic rings. The first-order chi connectivity index (χ1) is 8.38. The summed E-state index contributed by atoms with van der Waals surface area (Å²) in [7, 11) is 0. The highest BCUT2D eigenvalue weighted by atomic mass is 16.2. The van der Waals surface area contributed by atoms with E-state index in [1.807, 2.05) is 33.8 Å². The van der Waals surface area contributed by atoms with E-state index in [1.54, 1.807) is 12.1 Å². The molecule has 2 N–H and O–H groups in total. The van der Waals surface area contributed by atoms with Gasteiger partial charge in [-0.15, -0.1) is 0 Å². The van der Waals surface area contributed by atoms with Gasteiger partial charge in [-0.2, -0.15) is 0 Å². The number of rotatable bonds is 3. The molecule has 4 heteroatoms. The molecule has 0 saturated carbocycles. The monoisotopic (exact) mass is 248 g/mol. The summed E-state index contributed by atoms with van der Waals surface area (Å²) in [5, 5.41) is 0. The molecule has 1 aromatic rings. The first-order valence-corrected chi connectivity index (χ1v) is 6.06. The second-order valence-corrected chi connectivity index (χ2v) is 4.98. The fraction of sp³-hybridized carbons (Fsp3) is 0.429. The lowest BCUT2D eigenvalue weighted by atomic mass is 10.1. The van der Waals surface area contributed by atoms with Crippen LogP contribution >= 0.6 is 0 Å². The SMILES string of the molecule is Cc1cc(C)cc(C(=O)NNC(=O)CC(C)C)c1. The van der Waals surface area contributed by atoms with E-state index in [0.29, 0.717) is 12.0 Å². The van der Waals surface area contributed by atoms with Gasteiger partial charge >= 0.3 is 0 Å². The molecule has 0 aliphatic carbocycles. The fourth-order valence-electron chi connectivity index (χ4n) is 1.73. The third-order valence-electron chi connectivity index (χ3n) is 2.39. The minimum Gasteiger partial charge on any atom is -0.273 e. The molecule has 1 aromatic carbocycles. The van der Waals surface area contributed by atoms with Crippen molar-refractivity contribution in [2.45, 2.75) is 34.1 Å². The highest BCUT2D eigenvalue weighted by molar-refractivity contribution is 5.95. The smallest absolute Gasteiger partial charge is 0.269 e. The second-order valence-electron chi connectivity index (χ2n) is 4.98. The highest BCUT2D eigenvalue weighted by Gasteiger charge is 2.09. The van der Waals surface area contributed by atoms with E-state index in [4.69, 9.17) is 0 Å². The molecule has 4 nitrogen and oxygen atoms in total. The number of carbonyl (C=O) groups excluding carboxylic acids is 2. The van der Waals surface area contributed by atoms with Gasteiger partial charge in [0.2, 0.25) is 5.91 Å². The first-order valence-electron chi connectivity index (χ1n) is 6.06. The molecule has 18 heavy (non-hydrogen) atoms. The van der Waals surface area contributed by atoms with Crippen LogP contribution in [0.3, 0.4) is 0 Å². The molecule has 0 fully saturated rings. The summed E-state index contributed by atoms with van der Waals surface area (Å²) in [6.07, 6.45) is 0.396. The van der Waals surface area contributed by atoms with Crippen molar-refractivity contribution < 1.29 is 9.59 Å². The van der Waals surface area contributed by atoms with Crippen molar-refractivity contribution >= 4 is 11.8 Å². The van der Waals surface area contributed by atoms with Gasteiger partial charge in [-0.25, -0.2) is 0 Å². The molecular formula is C14H20N2O2. The topological polar surface area (TPSA) is 58.2 Å². The minimum absolute atomic E-state index is 0.178. The van der Waals surface area contributed by atoms with Gasteiger partial charge in [0.05, 0.1) is 0 Å². The lowest BCUT2D eigenvalue weighted by Gasteiger charge is -2.09. The molecule has 0 bridgehead atoms. The third-order valence-corrected chi connectivity index (χ3v) is 2.39. The molecule has 0 atom stereocenters. The molecule has 1 rings (SSSR count). The van der Waals surface area contributed by atoms with Crippen LogP contribution in [0.15, 0.2) is 18.2 Å². The van der Waals surface area contributed by atoms with Crippen LogP contribution in [0.4, 0.5) is 0 Å². The molecule has 0 heterocycles. The molecular weight excluding hydrogens is 228 g/mol. The fourth-order valence-corrected chi connectivity index (χ4v) is 1.73. The number of hydrazine groups is 1. The quantitative estimate of drug-likeness (QED) is 0.805. The van der Waals surface area contributed by atoms with Crippen molar-refractivity contribution in [2.24, 2.45) is 5.92 Å². The van der Waals surface area contributed by atoms with Gasteiger partial charge in [0.25, 0.3) is 5.91 Å². The van der Waals surface area contributed by atoms with Crippen molar-refractivity contribution in [1.29, 1.82) is 0 Å². The normalized spacial score (nSPS) is 10.3. The summed E-state index contributed by atoms with van der Waals surface area (Å²) < 4.78 is 0. The lowest BCUT2D eigenvalue weighted by molar-refractivity contribution is -0.122. The Morgan fingerprint density at radius 3 is 2.11 bits per heavy atom. The minimum atomic E-state index is -0.293. The summed E-state index contributed by atoms with van der Waals surface area (Å²) in [5.74, 6) is -0.204. The number of hydrogen-bond acceptors (Lipinski definition) is 2. The number of aryl methyl sites for hydroxylation is 2. The number of benzene rings is 1. The average Bonchev–Trinajstić information content (AvgIpc) is 2.23. The zero-order chi connectivity index (χ0) is 13.7. The van der Waals surface area contributed by atoms with Gasteiger partial charge in [0.1, 0.15) is 0 Å². The van der Waals surface area contributed by atoms with E-state index in [1.165, 1.54) is 0 Å². The summed E-state index contributed by atoms with van der Waals surface area (Å²) in [5.41, 5.74) is 7.43. The van der Waals surface area contributed by atoms with E-state index in [0.717, 1.165) is 11.1 Å². The summed E-state index contributed by atoms with van der Waals surface area (Å²) in [6, 6.07) is 5.57. The van der Waals surface area contributed by atoms with Crippen LogP contribution in [0.25, 0.3) is 0 Å². The molecule has 0 spiro atoms. The van der Waals surface area contributed by atoms with Gasteiger partial charge in [-0.05, 0) is 31.9 Å². The maximum Gasteiger partial charge on any atom is 0.269 e. The summed E-state index contributed by atoms with van der Waals surface area (Å²) in [6.45, 7) is 7.76. The highest BCUT2D eigenvalue weighted by Crippen LogP contribution is 2.08. The Morgan fingerprint density at radius 1 is 1.06 bits per heavy atom. The van der Waals surface area contributed by atoms with Gasteiger partial charge in [-0.3, -0.25) is 20.4 Å². The van der Waals surface area contributed by atoms with Crippen LogP contribution < -0.4 is 10.9 Å². The zero-order valence-electron chi connectivity index (χ0n) is 11.3. The predicted molar refractivity (Wildman–Crippen MR) is 71.0 cm³/mol. The molecule has 0 saturated heterocycles. The Hall–Kier alpha value is -1.84. The lowest BCUT2D eigenvalue weighted by Crippen LogP contribution is -2.42. The number of amides is 2. The van der Waals surface area contributed by atoms with Gasteiger partial charge in [-0.1, -0.05) is 31.0 Å². The zero-order valence-corrected chi connectivity index (χ0v) is 11.3. The van der Waals surface area contributed by atoms with Gasteiger partial charge in [0.15, 0.2) is 0 Å². The Bertz CT molecular complexity index is 433. The van der Waals surface area contributed by atoms with Crippen molar-refractivity contribution in [3.63, 3.8) is 0 Å². The summed E-state index contributed by atoms with van der Waals surface area (Å²) >= 11 is 0. The van der Waals surface area contributed by atoms with E-state index >= 15 is 0 Å². The molecule has 0 radical (unpaired) electrons. The maximum absolute atomic E-state index is 11.8. The van der Waals surface area contributed by atoms with Crippen molar-refractivity contribution in [3.05, 3.63) is 34.9 Å². The van der Waals surface area contributed by atoms with E-state index in [-0.39, 0.29) is 17.7 Å². The number of nitrogens with one attached hydrogen (secondary N) is 2. The third kappa shape index (κ3) is 4.57. The van der Waals surface area contributed by atoms with Crippen LogP contribution in [0.2, 0.25) is 0 Å². The van der Waals surface area contributed by atoms with Crippen molar-refractivity contribution in [1.82, 2.24) is 10.9 Å². The summed E-state index contributed by atoms with van der Waals surface area (Å²) in [4.78, 5) is 23.2. The van der Waals surface area contributed by atoms with E-state index in [2.05, 4.69) is 10.9 Å². The Morgan fingerprint density at radius 2 is 1.61 bits per heavy atom. The van der Waals surface area contributed by atoms with Crippen LogP contribution in [-0.2, 0) is 4.79 Å².